The molecule has 0 spiro atoms. The van der Waals surface area contributed by atoms with Crippen LogP contribution in [0.25, 0.3) is 0 Å². The predicted molar refractivity (Wildman–Crippen MR) is 66.3 cm³/mol. The summed E-state index contributed by atoms with van der Waals surface area (Å²) in [5.74, 6) is 0. The van der Waals surface area contributed by atoms with Crippen molar-refractivity contribution in [2.75, 3.05) is 13.1 Å². The molecule has 1 heterocycles. The molecule has 2 aliphatic rings. The maximum absolute atomic E-state index is 10.1. The van der Waals surface area contributed by atoms with Crippen LogP contribution in [0.3, 0.4) is 0 Å². The molecule has 3 N–H and O–H groups in total. The van der Waals surface area contributed by atoms with Crippen molar-refractivity contribution in [3.05, 3.63) is 0 Å². The second-order valence-electron chi connectivity index (χ2n) is 5.96. The van der Waals surface area contributed by atoms with Crippen LogP contribution in [0, 0.1) is 0 Å². The summed E-state index contributed by atoms with van der Waals surface area (Å²) in [6, 6.07) is 1.17. The lowest BCUT2D eigenvalue weighted by Crippen LogP contribution is -2.41. The smallest absolute Gasteiger partial charge is 0.0632 e. The van der Waals surface area contributed by atoms with Gasteiger partial charge in [-0.05, 0) is 58.4 Å². The number of aliphatic hydroxyl groups is 1. The van der Waals surface area contributed by atoms with Crippen molar-refractivity contribution in [1.82, 2.24) is 4.90 Å². The molecule has 0 bridgehead atoms. The van der Waals surface area contributed by atoms with E-state index in [2.05, 4.69) is 4.90 Å². The van der Waals surface area contributed by atoms with Crippen LogP contribution in [0.5, 0.6) is 0 Å². The Morgan fingerprint density at radius 1 is 1.12 bits per heavy atom. The zero-order valence-electron chi connectivity index (χ0n) is 10.5. The van der Waals surface area contributed by atoms with Gasteiger partial charge in [0.1, 0.15) is 0 Å². The Labute approximate surface area is 99.0 Å². The molecule has 3 nitrogen and oxygen atoms in total. The highest BCUT2D eigenvalue weighted by Crippen LogP contribution is 2.27. The first-order chi connectivity index (χ1) is 7.57. The van der Waals surface area contributed by atoms with Gasteiger partial charge in [0.25, 0.3) is 0 Å². The first-order valence-corrected chi connectivity index (χ1v) is 6.79. The van der Waals surface area contributed by atoms with Crippen LogP contribution in [0.2, 0.25) is 0 Å². The van der Waals surface area contributed by atoms with E-state index in [1.54, 1.807) is 0 Å². The average molecular weight is 226 g/mol. The molecule has 1 saturated carbocycles. The van der Waals surface area contributed by atoms with E-state index in [1.165, 1.54) is 25.7 Å². The highest BCUT2D eigenvalue weighted by Gasteiger charge is 2.29. The van der Waals surface area contributed by atoms with Crippen LogP contribution in [-0.2, 0) is 0 Å². The molecule has 2 rings (SSSR count). The van der Waals surface area contributed by atoms with Gasteiger partial charge in [0.05, 0.1) is 5.60 Å². The molecule has 0 radical (unpaired) electrons. The summed E-state index contributed by atoms with van der Waals surface area (Å²) < 4.78 is 0. The predicted octanol–water partition coefficient (Wildman–Crippen LogP) is 1.49. The first-order valence-electron chi connectivity index (χ1n) is 6.79. The molecule has 0 aromatic rings. The van der Waals surface area contributed by atoms with E-state index in [9.17, 15) is 5.11 Å². The van der Waals surface area contributed by atoms with Crippen molar-refractivity contribution in [1.29, 1.82) is 0 Å². The normalized spacial score (nSPS) is 42.9. The van der Waals surface area contributed by atoms with E-state index in [1.807, 2.05) is 6.92 Å². The van der Waals surface area contributed by atoms with Gasteiger partial charge >= 0.3 is 0 Å². The highest BCUT2D eigenvalue weighted by atomic mass is 16.3. The third kappa shape index (κ3) is 3.19. The van der Waals surface area contributed by atoms with Gasteiger partial charge in [-0.15, -0.1) is 0 Å². The molecular formula is C13H26N2O. The molecule has 0 aromatic carbocycles. The maximum Gasteiger partial charge on any atom is 0.0632 e. The molecule has 94 valence electrons. The summed E-state index contributed by atoms with van der Waals surface area (Å²) in [6.07, 6.45) is 7.88. The molecule has 1 unspecified atom stereocenters. The van der Waals surface area contributed by atoms with Gasteiger partial charge in [0.2, 0.25) is 0 Å². The van der Waals surface area contributed by atoms with Gasteiger partial charge in [-0.2, -0.15) is 0 Å². The van der Waals surface area contributed by atoms with Crippen LogP contribution in [0.1, 0.15) is 51.9 Å². The molecule has 1 saturated heterocycles. The average Bonchev–Trinajstić information content (AvgIpc) is 2.41. The van der Waals surface area contributed by atoms with Gasteiger partial charge in [-0.25, -0.2) is 0 Å². The van der Waals surface area contributed by atoms with E-state index in [4.69, 9.17) is 5.73 Å². The topological polar surface area (TPSA) is 49.5 Å². The monoisotopic (exact) mass is 226 g/mol. The Morgan fingerprint density at radius 3 is 2.50 bits per heavy atom. The summed E-state index contributed by atoms with van der Waals surface area (Å²) in [7, 11) is 0. The fraction of sp³-hybridized carbons (Fsp3) is 1.00. The van der Waals surface area contributed by atoms with E-state index < -0.39 is 5.60 Å². The van der Waals surface area contributed by atoms with Crippen LogP contribution in [0.4, 0.5) is 0 Å². The molecular weight excluding hydrogens is 200 g/mol. The Balaban J connectivity index is 1.85. The van der Waals surface area contributed by atoms with Crippen LogP contribution >= 0.6 is 0 Å². The van der Waals surface area contributed by atoms with Gasteiger partial charge in [0, 0.05) is 18.6 Å². The first kappa shape index (κ1) is 12.3. The Kier molecular flexibility index (Phi) is 3.88. The molecule has 16 heavy (non-hydrogen) atoms. The third-order valence-corrected chi connectivity index (χ3v) is 4.36. The number of likely N-dealkylation sites (tertiary alicyclic amines) is 1. The quantitative estimate of drug-likeness (QED) is 0.712. The lowest BCUT2D eigenvalue weighted by atomic mass is 9.90. The molecule has 1 aliphatic heterocycles. The summed E-state index contributed by atoms with van der Waals surface area (Å²) in [6.45, 7) is 4.20. The molecule has 1 atom stereocenters. The van der Waals surface area contributed by atoms with Crippen molar-refractivity contribution in [3.8, 4) is 0 Å². The zero-order valence-corrected chi connectivity index (χ0v) is 10.5. The number of nitrogens with zero attached hydrogens (tertiary/aromatic N) is 1. The molecule has 0 amide bonds. The Bertz CT molecular complexity index is 222. The Hall–Kier alpha value is -0.120. The number of hydrogen-bond acceptors (Lipinski definition) is 3. The van der Waals surface area contributed by atoms with Gasteiger partial charge in [0.15, 0.2) is 0 Å². The summed E-state index contributed by atoms with van der Waals surface area (Å²) in [5, 5.41) is 10.1. The minimum absolute atomic E-state index is 0.431. The van der Waals surface area contributed by atoms with Gasteiger partial charge in [-0.3, -0.25) is 0 Å². The largest absolute Gasteiger partial charge is 0.390 e. The number of nitrogens with two attached hydrogens (primary N) is 1. The van der Waals surface area contributed by atoms with E-state index in [0.29, 0.717) is 6.04 Å². The molecule has 1 aliphatic carbocycles. The third-order valence-electron chi connectivity index (χ3n) is 4.36. The van der Waals surface area contributed by atoms with Crippen molar-refractivity contribution in [2.24, 2.45) is 5.73 Å². The molecule has 0 aromatic heterocycles. The van der Waals surface area contributed by atoms with Crippen molar-refractivity contribution < 1.29 is 5.11 Å². The van der Waals surface area contributed by atoms with Crippen LogP contribution in [-0.4, -0.2) is 40.8 Å². The van der Waals surface area contributed by atoms with Crippen LogP contribution in [0.15, 0.2) is 0 Å². The van der Waals surface area contributed by atoms with Crippen LogP contribution < -0.4 is 5.73 Å². The fourth-order valence-corrected chi connectivity index (χ4v) is 3.12. The van der Waals surface area contributed by atoms with Crippen molar-refractivity contribution in [3.63, 3.8) is 0 Å². The Morgan fingerprint density at radius 2 is 1.81 bits per heavy atom. The van der Waals surface area contributed by atoms with Crippen molar-refractivity contribution >= 4 is 0 Å². The second-order valence-corrected chi connectivity index (χ2v) is 5.96. The summed E-state index contributed by atoms with van der Waals surface area (Å²) in [4.78, 5) is 2.59. The minimum Gasteiger partial charge on any atom is -0.390 e. The SMILES string of the molecule is CC1(O)CCCN(C2CCC(N)CC2)CC1. The van der Waals surface area contributed by atoms with E-state index in [0.717, 1.165) is 38.4 Å². The summed E-state index contributed by atoms with van der Waals surface area (Å²) in [5.41, 5.74) is 5.51. The van der Waals surface area contributed by atoms with E-state index >= 15 is 0 Å². The number of rotatable bonds is 1. The van der Waals surface area contributed by atoms with Gasteiger partial charge < -0.3 is 15.7 Å². The minimum atomic E-state index is -0.431. The highest BCUT2D eigenvalue weighted by molar-refractivity contribution is 4.85. The van der Waals surface area contributed by atoms with E-state index in [-0.39, 0.29) is 0 Å². The standard InChI is InChI=1S/C13H26N2O/c1-13(16)7-2-9-15(10-8-13)12-5-3-11(14)4-6-12/h11-12,16H,2-10,14H2,1H3. The fourth-order valence-electron chi connectivity index (χ4n) is 3.12. The second kappa shape index (κ2) is 5.03. The maximum atomic E-state index is 10.1. The molecule has 2 fully saturated rings. The number of hydrogen-bond donors (Lipinski definition) is 2. The lowest BCUT2D eigenvalue weighted by Gasteiger charge is -2.35. The molecule has 3 heteroatoms. The summed E-state index contributed by atoms with van der Waals surface area (Å²) >= 11 is 0. The van der Waals surface area contributed by atoms with Crippen molar-refractivity contribution in [2.45, 2.75) is 69.6 Å². The zero-order chi connectivity index (χ0) is 11.6. The lowest BCUT2D eigenvalue weighted by molar-refractivity contribution is 0.0418. The van der Waals surface area contributed by atoms with Gasteiger partial charge in [-0.1, -0.05) is 0 Å².